The molecule has 0 saturated heterocycles. The lowest BCUT2D eigenvalue weighted by Gasteiger charge is -2.33. The number of amides is 2. The molecule has 0 radical (unpaired) electrons. The smallest absolute Gasteiger partial charge is 0.234 e. The van der Waals surface area contributed by atoms with Crippen LogP contribution in [0.4, 0.5) is 11.4 Å². The average molecular weight is 517 g/mol. The summed E-state index contributed by atoms with van der Waals surface area (Å²) in [6.45, 7) is 3.89. The molecule has 1 unspecified atom stereocenters. The highest BCUT2D eigenvalue weighted by Gasteiger charge is 2.37. The third kappa shape index (κ3) is 6.22. The van der Waals surface area contributed by atoms with Crippen molar-refractivity contribution in [3.8, 4) is 11.8 Å². The van der Waals surface area contributed by atoms with E-state index in [0.29, 0.717) is 47.0 Å². The van der Waals surface area contributed by atoms with Crippen LogP contribution >= 0.6 is 11.8 Å². The third-order valence-electron chi connectivity index (χ3n) is 6.02. The number of thioether (sulfide) groups is 1. The van der Waals surface area contributed by atoms with Gasteiger partial charge in [0.2, 0.25) is 11.8 Å². The number of ether oxygens (including phenoxy) is 1. The summed E-state index contributed by atoms with van der Waals surface area (Å²) in [4.78, 5) is 36.8. The third-order valence-corrected chi connectivity index (χ3v) is 7.04. The van der Waals surface area contributed by atoms with Crippen LogP contribution in [0.2, 0.25) is 0 Å². The summed E-state index contributed by atoms with van der Waals surface area (Å²) in [7, 11) is 0. The topological polar surface area (TPSA) is 120 Å². The van der Waals surface area contributed by atoms with E-state index in [-0.39, 0.29) is 23.4 Å². The fourth-order valence-corrected chi connectivity index (χ4v) is 5.33. The Bertz CT molecular complexity index is 1310. The van der Waals surface area contributed by atoms with E-state index in [2.05, 4.69) is 22.0 Å². The van der Waals surface area contributed by atoms with Gasteiger partial charge in [0.05, 0.1) is 34.9 Å². The molecule has 1 aliphatic carbocycles. The molecule has 2 aromatic rings. The van der Waals surface area contributed by atoms with Crippen molar-refractivity contribution in [2.75, 3.05) is 23.0 Å². The Balaban J connectivity index is 1.53. The molecule has 1 heterocycles. The number of nitrogens with zero attached hydrogens (tertiary/aromatic N) is 1. The molecule has 190 valence electrons. The van der Waals surface area contributed by atoms with E-state index in [1.807, 2.05) is 31.2 Å². The van der Waals surface area contributed by atoms with E-state index in [1.165, 1.54) is 18.7 Å². The van der Waals surface area contributed by atoms with Gasteiger partial charge in [-0.05, 0) is 61.7 Å². The number of dihydropyridines is 1. The van der Waals surface area contributed by atoms with E-state index in [9.17, 15) is 19.6 Å². The van der Waals surface area contributed by atoms with Crippen molar-refractivity contribution in [2.24, 2.45) is 0 Å². The number of Topliss-reactive ketones (excluding diaryl/α,β-unsaturated/α-hetero) is 1. The Hall–Kier alpha value is -4.03. The molecule has 37 heavy (non-hydrogen) atoms. The molecule has 0 aromatic heterocycles. The molecular formula is C28H28N4O4S. The van der Waals surface area contributed by atoms with Crippen LogP contribution in [0.25, 0.3) is 0 Å². The number of hydrogen-bond donors (Lipinski definition) is 3. The normalized spacial score (nSPS) is 16.9. The van der Waals surface area contributed by atoms with Crippen LogP contribution < -0.4 is 20.7 Å². The molecular weight excluding hydrogens is 488 g/mol. The first-order valence-electron chi connectivity index (χ1n) is 12.1. The van der Waals surface area contributed by atoms with E-state index in [4.69, 9.17) is 4.74 Å². The molecule has 1 aliphatic heterocycles. The van der Waals surface area contributed by atoms with E-state index >= 15 is 0 Å². The highest BCUT2D eigenvalue weighted by atomic mass is 32.2. The Kier molecular flexibility index (Phi) is 8.31. The number of anilines is 2. The van der Waals surface area contributed by atoms with Gasteiger partial charge in [0.25, 0.3) is 0 Å². The standard InChI is InChI=1S/C28H28N4O4S/c1-3-36-21-13-7-18(8-14-21)26-22(15-29)28(32-23-5-4-6-24(34)27(23)26)37-16-25(35)31-20-11-9-19(10-12-20)30-17(2)33/h7-14,26,32H,3-6,16H2,1-2H3,(H,30,33)(H,31,35). The zero-order valence-corrected chi connectivity index (χ0v) is 21.5. The molecule has 1 atom stereocenters. The largest absolute Gasteiger partial charge is 0.494 e. The van der Waals surface area contributed by atoms with Gasteiger partial charge in [-0.2, -0.15) is 5.26 Å². The van der Waals surface area contributed by atoms with Crippen molar-refractivity contribution in [1.82, 2.24) is 5.32 Å². The summed E-state index contributed by atoms with van der Waals surface area (Å²) in [6.07, 6.45) is 1.91. The fourth-order valence-electron chi connectivity index (χ4n) is 4.47. The Morgan fingerprint density at radius 3 is 2.38 bits per heavy atom. The van der Waals surface area contributed by atoms with Gasteiger partial charge in [-0.25, -0.2) is 0 Å². The van der Waals surface area contributed by atoms with Crippen LogP contribution in [0.3, 0.4) is 0 Å². The number of benzene rings is 2. The monoisotopic (exact) mass is 516 g/mol. The lowest BCUT2D eigenvalue weighted by molar-refractivity contribution is -0.116. The number of rotatable bonds is 8. The van der Waals surface area contributed by atoms with Gasteiger partial charge in [0.1, 0.15) is 5.75 Å². The van der Waals surface area contributed by atoms with Gasteiger partial charge < -0.3 is 20.7 Å². The second-order valence-corrected chi connectivity index (χ2v) is 9.66. The van der Waals surface area contributed by atoms with Crippen molar-refractivity contribution in [3.63, 3.8) is 0 Å². The van der Waals surface area contributed by atoms with Crippen LogP contribution in [0.1, 0.15) is 44.6 Å². The maximum atomic E-state index is 13.0. The van der Waals surface area contributed by atoms with E-state index in [1.54, 1.807) is 24.3 Å². The first kappa shape index (κ1) is 26.0. The first-order chi connectivity index (χ1) is 17.9. The van der Waals surface area contributed by atoms with Crippen LogP contribution in [0, 0.1) is 11.3 Å². The van der Waals surface area contributed by atoms with Gasteiger partial charge >= 0.3 is 0 Å². The molecule has 3 N–H and O–H groups in total. The average Bonchev–Trinajstić information content (AvgIpc) is 2.88. The predicted molar refractivity (Wildman–Crippen MR) is 144 cm³/mol. The fraction of sp³-hybridized carbons (Fsp3) is 0.286. The van der Waals surface area contributed by atoms with Gasteiger partial charge in [-0.3, -0.25) is 14.4 Å². The second-order valence-electron chi connectivity index (χ2n) is 8.68. The van der Waals surface area contributed by atoms with Gasteiger partial charge in [0.15, 0.2) is 5.78 Å². The van der Waals surface area contributed by atoms with Crippen LogP contribution in [-0.2, 0) is 14.4 Å². The Morgan fingerprint density at radius 2 is 1.76 bits per heavy atom. The number of carbonyl (C=O) groups excluding carboxylic acids is 3. The minimum Gasteiger partial charge on any atom is -0.494 e. The molecule has 2 amide bonds. The van der Waals surface area contributed by atoms with E-state index in [0.717, 1.165) is 23.4 Å². The highest BCUT2D eigenvalue weighted by Crippen LogP contribution is 2.44. The van der Waals surface area contributed by atoms with Gasteiger partial charge in [-0.1, -0.05) is 23.9 Å². The molecule has 9 heteroatoms. The molecule has 0 fully saturated rings. The number of allylic oxidation sites excluding steroid dienone is 3. The molecule has 2 aliphatic rings. The number of ketones is 1. The molecule has 0 spiro atoms. The van der Waals surface area contributed by atoms with Gasteiger partial charge in [-0.15, -0.1) is 0 Å². The molecule has 2 aromatic carbocycles. The van der Waals surface area contributed by atoms with Crippen LogP contribution in [0.5, 0.6) is 5.75 Å². The molecule has 0 saturated carbocycles. The van der Waals surface area contributed by atoms with Crippen molar-refractivity contribution in [2.45, 2.75) is 39.0 Å². The van der Waals surface area contributed by atoms with Gasteiger partial charge in [0, 0.05) is 36.0 Å². The minimum atomic E-state index is -0.489. The SMILES string of the molecule is CCOc1ccc(C2C(C#N)=C(SCC(=O)Nc3ccc(NC(C)=O)cc3)NC3=C2C(=O)CCC3)cc1. The molecule has 0 bridgehead atoms. The summed E-state index contributed by atoms with van der Waals surface area (Å²) >= 11 is 1.24. The lowest BCUT2D eigenvalue weighted by Crippen LogP contribution is -2.31. The maximum Gasteiger partial charge on any atom is 0.234 e. The lowest BCUT2D eigenvalue weighted by atomic mass is 9.77. The summed E-state index contributed by atoms with van der Waals surface area (Å²) < 4.78 is 5.55. The summed E-state index contributed by atoms with van der Waals surface area (Å²) in [5.74, 6) is -0.0463. The second kappa shape index (κ2) is 11.8. The van der Waals surface area contributed by atoms with Crippen LogP contribution in [-0.4, -0.2) is 30.0 Å². The number of nitriles is 1. The number of nitrogens with one attached hydrogen (secondary N) is 3. The summed E-state index contributed by atoms with van der Waals surface area (Å²) in [5.41, 5.74) is 3.97. The first-order valence-corrected chi connectivity index (χ1v) is 13.1. The summed E-state index contributed by atoms with van der Waals surface area (Å²) in [5, 5.41) is 19.5. The predicted octanol–water partition coefficient (Wildman–Crippen LogP) is 4.84. The molecule has 4 rings (SSSR count). The Morgan fingerprint density at radius 1 is 1.08 bits per heavy atom. The number of hydrogen-bond acceptors (Lipinski definition) is 7. The van der Waals surface area contributed by atoms with Crippen molar-refractivity contribution in [1.29, 1.82) is 5.26 Å². The summed E-state index contributed by atoms with van der Waals surface area (Å²) in [6, 6.07) is 16.6. The van der Waals surface area contributed by atoms with Crippen molar-refractivity contribution >= 4 is 40.7 Å². The molecule has 8 nitrogen and oxygen atoms in total. The minimum absolute atomic E-state index is 0.0462. The quantitative estimate of drug-likeness (QED) is 0.459. The van der Waals surface area contributed by atoms with Crippen molar-refractivity contribution in [3.05, 3.63) is 76.0 Å². The number of carbonyl (C=O) groups is 3. The highest BCUT2D eigenvalue weighted by molar-refractivity contribution is 8.03. The zero-order chi connectivity index (χ0) is 26.4. The maximum absolute atomic E-state index is 13.0. The van der Waals surface area contributed by atoms with Crippen molar-refractivity contribution < 1.29 is 19.1 Å². The Labute approximate surface area is 220 Å². The van der Waals surface area contributed by atoms with Crippen LogP contribution in [0.15, 0.2) is 70.4 Å². The zero-order valence-electron chi connectivity index (χ0n) is 20.7. The van der Waals surface area contributed by atoms with E-state index < -0.39 is 5.92 Å².